The molecule has 0 heterocycles. The molecule has 2 N–H and O–H groups in total. The molecule has 0 aromatic heterocycles. The van der Waals surface area contributed by atoms with E-state index in [1.165, 1.54) is 30.5 Å². The zero-order valence-corrected chi connectivity index (χ0v) is 15.1. The number of alkyl halides is 3. The quantitative estimate of drug-likeness (QED) is 0.721. The van der Waals surface area contributed by atoms with Crippen molar-refractivity contribution in [3.63, 3.8) is 0 Å². The molecular weight excluding hydrogens is 369 g/mol. The van der Waals surface area contributed by atoms with Gasteiger partial charge < -0.3 is 15.4 Å². The summed E-state index contributed by atoms with van der Waals surface area (Å²) in [6.07, 6.45) is -0.989. The van der Waals surface area contributed by atoms with Crippen molar-refractivity contribution in [2.75, 3.05) is 11.9 Å². The number of halogens is 3. The van der Waals surface area contributed by atoms with E-state index in [4.69, 9.17) is 0 Å². The molecule has 4 rings (SSSR count). The van der Waals surface area contributed by atoms with Gasteiger partial charge in [0.25, 0.3) is 5.91 Å². The van der Waals surface area contributed by atoms with Crippen LogP contribution in [0.25, 0.3) is 0 Å². The van der Waals surface area contributed by atoms with Crippen LogP contribution in [-0.2, 0) is 0 Å². The minimum Gasteiger partial charge on any atom is -0.406 e. The van der Waals surface area contributed by atoms with E-state index in [9.17, 15) is 18.0 Å². The highest BCUT2D eigenvalue weighted by Crippen LogP contribution is 2.42. The molecule has 0 bridgehead atoms. The number of anilines is 1. The Hall–Kier alpha value is -2.54. The Morgan fingerprint density at radius 1 is 1.11 bits per heavy atom. The maximum atomic E-state index is 12.3. The fourth-order valence-electron chi connectivity index (χ4n) is 3.28. The monoisotopic (exact) mass is 390 g/mol. The van der Waals surface area contributed by atoms with E-state index in [0.29, 0.717) is 17.6 Å². The second-order valence-electron chi connectivity index (χ2n) is 7.45. The molecule has 2 aromatic rings. The lowest BCUT2D eigenvalue weighted by atomic mass is 10.1. The molecule has 7 heteroatoms. The van der Waals surface area contributed by atoms with Gasteiger partial charge in [-0.3, -0.25) is 4.79 Å². The van der Waals surface area contributed by atoms with Gasteiger partial charge in [0.1, 0.15) is 5.75 Å². The first-order valence-electron chi connectivity index (χ1n) is 9.38. The number of nitrogens with one attached hydrogen (secondary N) is 2. The van der Waals surface area contributed by atoms with Crippen LogP contribution in [0.15, 0.2) is 48.5 Å². The van der Waals surface area contributed by atoms with E-state index in [0.717, 1.165) is 31.0 Å². The van der Waals surface area contributed by atoms with E-state index in [1.54, 1.807) is 0 Å². The lowest BCUT2D eigenvalue weighted by Gasteiger charge is -2.10. The van der Waals surface area contributed by atoms with Crippen LogP contribution in [0, 0.1) is 5.92 Å². The van der Waals surface area contributed by atoms with E-state index in [1.807, 2.05) is 24.3 Å². The summed E-state index contributed by atoms with van der Waals surface area (Å²) in [6.45, 7) is 1.10. The fourth-order valence-corrected chi connectivity index (χ4v) is 3.28. The van der Waals surface area contributed by atoms with Gasteiger partial charge in [0.15, 0.2) is 0 Å². The average Bonchev–Trinajstić information content (AvgIpc) is 3.54. The number of ether oxygens (including phenoxy) is 1. The topological polar surface area (TPSA) is 50.4 Å². The first-order chi connectivity index (χ1) is 13.4. The molecule has 2 fully saturated rings. The average molecular weight is 390 g/mol. The van der Waals surface area contributed by atoms with Crippen LogP contribution in [0.4, 0.5) is 18.9 Å². The zero-order chi connectivity index (χ0) is 19.7. The molecule has 2 unspecified atom stereocenters. The van der Waals surface area contributed by atoms with Gasteiger partial charge in [0.05, 0.1) is 0 Å². The summed E-state index contributed by atoms with van der Waals surface area (Å²) in [5.74, 6) is 0.461. The third kappa shape index (κ3) is 5.04. The van der Waals surface area contributed by atoms with Gasteiger partial charge in [-0.05, 0) is 67.6 Å². The molecular formula is C21H21F3N2O2. The summed E-state index contributed by atoms with van der Waals surface area (Å²) in [5.41, 5.74) is 1.92. The summed E-state index contributed by atoms with van der Waals surface area (Å²) >= 11 is 0. The zero-order valence-electron chi connectivity index (χ0n) is 15.1. The normalized spacial score (nSPS) is 21.2. The number of amides is 1. The minimum atomic E-state index is -4.79. The third-order valence-corrected chi connectivity index (χ3v) is 5.08. The Morgan fingerprint density at radius 2 is 1.86 bits per heavy atom. The van der Waals surface area contributed by atoms with Gasteiger partial charge in [0.2, 0.25) is 0 Å². The minimum absolute atomic E-state index is 0.0948. The largest absolute Gasteiger partial charge is 0.573 e. The van der Waals surface area contributed by atoms with Crippen molar-refractivity contribution in [2.24, 2.45) is 5.92 Å². The SMILES string of the molecule is O=C(Nc1ccc(C2CC2NCC2CC2)cc1)c1cccc(OC(F)(F)F)c1. The predicted octanol–water partition coefficient (Wildman–Crippen LogP) is 4.69. The van der Waals surface area contributed by atoms with Crippen LogP contribution in [0.5, 0.6) is 5.75 Å². The highest BCUT2D eigenvalue weighted by atomic mass is 19.4. The van der Waals surface area contributed by atoms with Crippen molar-refractivity contribution in [1.82, 2.24) is 5.32 Å². The Balaban J connectivity index is 1.33. The molecule has 0 radical (unpaired) electrons. The summed E-state index contributed by atoms with van der Waals surface area (Å²) < 4.78 is 40.8. The second kappa shape index (κ2) is 7.47. The molecule has 2 atom stereocenters. The molecule has 0 spiro atoms. The maximum absolute atomic E-state index is 12.3. The molecule has 2 saturated carbocycles. The summed E-state index contributed by atoms with van der Waals surface area (Å²) in [5, 5.41) is 6.30. The predicted molar refractivity (Wildman–Crippen MR) is 99.4 cm³/mol. The van der Waals surface area contributed by atoms with Crippen molar-refractivity contribution in [2.45, 2.75) is 37.6 Å². The van der Waals surface area contributed by atoms with Crippen molar-refractivity contribution >= 4 is 11.6 Å². The Bertz CT molecular complexity index is 847. The number of rotatable bonds is 7. The van der Waals surface area contributed by atoms with Crippen molar-refractivity contribution in [1.29, 1.82) is 0 Å². The smallest absolute Gasteiger partial charge is 0.406 e. The summed E-state index contributed by atoms with van der Waals surface area (Å²) in [6, 6.07) is 13.2. The highest BCUT2D eigenvalue weighted by Gasteiger charge is 2.38. The van der Waals surface area contributed by atoms with Gasteiger partial charge in [-0.15, -0.1) is 13.2 Å². The number of hydrogen-bond donors (Lipinski definition) is 2. The number of benzene rings is 2. The van der Waals surface area contributed by atoms with E-state index in [-0.39, 0.29) is 5.56 Å². The van der Waals surface area contributed by atoms with Crippen molar-refractivity contribution in [3.8, 4) is 5.75 Å². The van der Waals surface area contributed by atoms with Crippen LogP contribution in [-0.4, -0.2) is 24.9 Å². The number of hydrogen-bond acceptors (Lipinski definition) is 3. The van der Waals surface area contributed by atoms with E-state index in [2.05, 4.69) is 15.4 Å². The Kier molecular flexibility index (Phi) is 5.02. The molecule has 0 saturated heterocycles. The van der Waals surface area contributed by atoms with Crippen LogP contribution >= 0.6 is 0 Å². The van der Waals surface area contributed by atoms with Gasteiger partial charge in [-0.25, -0.2) is 0 Å². The van der Waals surface area contributed by atoms with Gasteiger partial charge in [-0.1, -0.05) is 18.2 Å². The number of carbonyl (C=O) groups excluding carboxylic acids is 1. The summed E-state index contributed by atoms with van der Waals surface area (Å²) in [7, 11) is 0. The fraction of sp³-hybridized carbons (Fsp3) is 0.381. The second-order valence-corrected chi connectivity index (χ2v) is 7.45. The van der Waals surface area contributed by atoms with Gasteiger partial charge >= 0.3 is 6.36 Å². The van der Waals surface area contributed by atoms with Crippen LogP contribution in [0.1, 0.15) is 41.1 Å². The maximum Gasteiger partial charge on any atom is 0.573 e. The van der Waals surface area contributed by atoms with Crippen molar-refractivity contribution < 1.29 is 22.7 Å². The molecule has 4 nitrogen and oxygen atoms in total. The van der Waals surface area contributed by atoms with Crippen LogP contribution in [0.3, 0.4) is 0 Å². The van der Waals surface area contributed by atoms with Gasteiger partial charge in [-0.2, -0.15) is 0 Å². The third-order valence-electron chi connectivity index (χ3n) is 5.08. The molecule has 28 heavy (non-hydrogen) atoms. The Labute approximate surface area is 161 Å². The lowest BCUT2D eigenvalue weighted by molar-refractivity contribution is -0.274. The van der Waals surface area contributed by atoms with E-state index >= 15 is 0 Å². The first kappa shape index (κ1) is 18.8. The highest BCUT2D eigenvalue weighted by molar-refractivity contribution is 6.04. The summed E-state index contributed by atoms with van der Waals surface area (Å²) in [4.78, 5) is 12.3. The van der Waals surface area contributed by atoms with Crippen LogP contribution < -0.4 is 15.4 Å². The molecule has 2 aliphatic rings. The molecule has 1 amide bonds. The standard InChI is InChI=1S/C21H21F3N2O2/c22-21(23,24)28-17-3-1-2-15(10-17)20(27)26-16-8-6-14(7-9-16)18-11-19(18)25-12-13-4-5-13/h1-3,6-10,13,18-19,25H,4-5,11-12H2,(H,26,27). The number of carbonyl (C=O) groups is 1. The lowest BCUT2D eigenvalue weighted by Crippen LogP contribution is -2.20. The molecule has 2 aliphatic carbocycles. The van der Waals surface area contributed by atoms with Crippen LogP contribution in [0.2, 0.25) is 0 Å². The van der Waals surface area contributed by atoms with Crippen molar-refractivity contribution in [3.05, 3.63) is 59.7 Å². The van der Waals surface area contributed by atoms with E-state index < -0.39 is 18.0 Å². The van der Waals surface area contributed by atoms with Gasteiger partial charge in [0, 0.05) is 23.2 Å². The molecule has 2 aromatic carbocycles. The molecule has 148 valence electrons. The molecule has 0 aliphatic heterocycles. The first-order valence-corrected chi connectivity index (χ1v) is 9.38. The Morgan fingerprint density at radius 3 is 2.54 bits per heavy atom.